The maximum atomic E-state index is 13.9. The molecule has 1 heterocycles. The second-order valence-electron chi connectivity index (χ2n) is 7.42. The third-order valence-electron chi connectivity index (χ3n) is 5.51. The van der Waals surface area contributed by atoms with E-state index in [0.29, 0.717) is 22.7 Å². The number of nitrogens with zero attached hydrogens (tertiary/aromatic N) is 2. The molecule has 5 heteroatoms. The van der Waals surface area contributed by atoms with E-state index in [2.05, 4.69) is 6.07 Å². The number of nitriles is 1. The number of benzene rings is 3. The van der Waals surface area contributed by atoms with E-state index in [1.165, 1.54) is 11.8 Å². The highest BCUT2D eigenvalue weighted by Gasteiger charge is 2.41. The van der Waals surface area contributed by atoms with Crippen molar-refractivity contribution in [3.8, 4) is 11.8 Å². The van der Waals surface area contributed by atoms with E-state index < -0.39 is 5.92 Å². The smallest absolute Gasteiger partial charge is 0.263 e. The van der Waals surface area contributed by atoms with Crippen LogP contribution in [-0.4, -0.2) is 18.1 Å². The summed E-state index contributed by atoms with van der Waals surface area (Å²) in [5.74, 6) is -0.524. The summed E-state index contributed by atoms with van der Waals surface area (Å²) in [5.41, 5.74) is 3.16. The molecule has 1 atom stereocenters. The van der Waals surface area contributed by atoms with Crippen LogP contribution in [0.3, 0.4) is 0 Å². The van der Waals surface area contributed by atoms with E-state index in [-0.39, 0.29) is 17.2 Å². The van der Waals surface area contributed by atoms with Gasteiger partial charge in [-0.3, -0.25) is 9.69 Å². The highest BCUT2D eigenvalue weighted by atomic mass is 16.5. The molecule has 0 bridgehead atoms. The van der Waals surface area contributed by atoms with Crippen LogP contribution in [0.4, 0.5) is 5.69 Å². The van der Waals surface area contributed by atoms with Crippen molar-refractivity contribution in [3.63, 3.8) is 0 Å². The summed E-state index contributed by atoms with van der Waals surface area (Å²) < 4.78 is 5.26. The third kappa shape index (κ3) is 3.63. The lowest BCUT2D eigenvalue weighted by Gasteiger charge is -2.36. The van der Waals surface area contributed by atoms with Gasteiger partial charge in [-0.25, -0.2) is 0 Å². The molecule has 1 N–H and O–H groups in total. The molecule has 0 fully saturated rings. The van der Waals surface area contributed by atoms with Crippen LogP contribution in [0.15, 0.2) is 102 Å². The lowest BCUT2D eigenvalue weighted by molar-refractivity contribution is -0.115. The predicted octanol–water partition coefficient (Wildman–Crippen LogP) is 5.59. The van der Waals surface area contributed by atoms with Crippen molar-refractivity contribution < 1.29 is 14.6 Å². The summed E-state index contributed by atoms with van der Waals surface area (Å²) in [5, 5.41) is 20.9. The van der Waals surface area contributed by atoms with E-state index in [1.54, 1.807) is 19.2 Å². The van der Waals surface area contributed by atoms with Gasteiger partial charge in [-0.2, -0.15) is 5.26 Å². The number of allylic oxidation sites excluding steroid dienone is 2. The monoisotopic (exact) mass is 422 g/mol. The summed E-state index contributed by atoms with van der Waals surface area (Å²) in [4.78, 5) is 15.4. The average molecular weight is 422 g/mol. The molecule has 1 unspecified atom stereocenters. The molecule has 1 aliphatic heterocycles. The first-order chi connectivity index (χ1) is 15.6. The normalized spacial score (nSPS) is 17.7. The van der Waals surface area contributed by atoms with Gasteiger partial charge in [0.2, 0.25) is 0 Å². The molecule has 4 rings (SSSR count). The summed E-state index contributed by atoms with van der Waals surface area (Å²) in [6, 6.07) is 28.1. The van der Waals surface area contributed by atoms with E-state index in [0.717, 1.165) is 11.1 Å². The van der Waals surface area contributed by atoms with Gasteiger partial charge in [-0.15, -0.1) is 0 Å². The summed E-state index contributed by atoms with van der Waals surface area (Å²) in [6.45, 7) is 1.48. The van der Waals surface area contributed by atoms with Crippen LogP contribution in [0.2, 0.25) is 0 Å². The summed E-state index contributed by atoms with van der Waals surface area (Å²) in [7, 11) is 1.58. The SMILES string of the molecule is COc1ccc(C2C(C#N)=C(c3ccccc3)N(c3ccccc3)C(=O)/C2=C(\C)O)cc1. The van der Waals surface area contributed by atoms with Gasteiger partial charge in [0.05, 0.1) is 41.7 Å². The Labute approximate surface area is 187 Å². The zero-order valence-electron chi connectivity index (χ0n) is 17.8. The van der Waals surface area contributed by atoms with Crippen LogP contribution in [-0.2, 0) is 4.79 Å². The first-order valence-electron chi connectivity index (χ1n) is 10.2. The highest BCUT2D eigenvalue weighted by molar-refractivity contribution is 6.18. The molecule has 1 amide bonds. The lowest BCUT2D eigenvalue weighted by Crippen LogP contribution is -2.39. The molecule has 0 spiro atoms. The van der Waals surface area contributed by atoms with E-state index in [9.17, 15) is 15.2 Å². The minimum Gasteiger partial charge on any atom is -0.512 e. The maximum Gasteiger partial charge on any atom is 0.263 e. The van der Waals surface area contributed by atoms with Gasteiger partial charge in [0.15, 0.2) is 0 Å². The number of rotatable bonds is 4. The second-order valence-corrected chi connectivity index (χ2v) is 7.42. The zero-order valence-corrected chi connectivity index (χ0v) is 17.8. The van der Waals surface area contributed by atoms with Crippen molar-refractivity contribution >= 4 is 17.3 Å². The minimum absolute atomic E-state index is 0.114. The molecule has 0 aliphatic carbocycles. The van der Waals surface area contributed by atoms with Crippen molar-refractivity contribution in [1.29, 1.82) is 5.26 Å². The number of hydrogen-bond donors (Lipinski definition) is 1. The Morgan fingerprint density at radius 1 is 0.969 bits per heavy atom. The first kappa shape index (κ1) is 21.0. The Morgan fingerprint density at radius 3 is 2.09 bits per heavy atom. The molecular weight excluding hydrogens is 400 g/mol. The molecule has 32 heavy (non-hydrogen) atoms. The van der Waals surface area contributed by atoms with Gasteiger partial charge in [-0.1, -0.05) is 60.7 Å². The fraction of sp³-hybridized carbons (Fsp3) is 0.111. The number of anilines is 1. The Hall–Kier alpha value is -4.30. The molecule has 0 saturated heterocycles. The number of hydrogen-bond acceptors (Lipinski definition) is 4. The van der Waals surface area contributed by atoms with Crippen molar-refractivity contribution in [2.75, 3.05) is 12.0 Å². The van der Waals surface area contributed by atoms with Crippen LogP contribution in [0.1, 0.15) is 24.0 Å². The van der Waals surface area contributed by atoms with Gasteiger partial charge in [-0.05, 0) is 42.3 Å². The fourth-order valence-electron chi connectivity index (χ4n) is 4.06. The van der Waals surface area contributed by atoms with Crippen LogP contribution >= 0.6 is 0 Å². The number of aliphatic hydroxyl groups is 1. The molecule has 1 aliphatic rings. The molecule has 5 nitrogen and oxygen atoms in total. The molecule has 0 saturated carbocycles. The largest absolute Gasteiger partial charge is 0.512 e. The quantitative estimate of drug-likeness (QED) is 0.439. The average Bonchev–Trinajstić information content (AvgIpc) is 2.84. The van der Waals surface area contributed by atoms with Crippen LogP contribution < -0.4 is 9.64 Å². The topological polar surface area (TPSA) is 73.6 Å². The third-order valence-corrected chi connectivity index (χ3v) is 5.51. The second kappa shape index (κ2) is 8.83. The first-order valence-corrected chi connectivity index (χ1v) is 10.2. The fourth-order valence-corrected chi connectivity index (χ4v) is 4.06. The number of carbonyl (C=O) groups excluding carboxylic acids is 1. The molecule has 158 valence electrons. The Kier molecular flexibility index (Phi) is 5.78. The molecular formula is C27H22N2O3. The van der Waals surface area contributed by atoms with Gasteiger partial charge < -0.3 is 9.84 Å². The van der Waals surface area contributed by atoms with E-state index in [1.807, 2.05) is 72.8 Å². The number of para-hydroxylation sites is 1. The lowest BCUT2D eigenvalue weighted by atomic mass is 9.78. The van der Waals surface area contributed by atoms with Crippen molar-refractivity contribution in [1.82, 2.24) is 0 Å². The van der Waals surface area contributed by atoms with Crippen LogP contribution in [0.25, 0.3) is 5.70 Å². The van der Waals surface area contributed by atoms with Crippen molar-refractivity contribution in [2.24, 2.45) is 0 Å². The van der Waals surface area contributed by atoms with Gasteiger partial charge in [0, 0.05) is 5.69 Å². The summed E-state index contributed by atoms with van der Waals surface area (Å²) >= 11 is 0. The molecule has 0 aromatic heterocycles. The van der Waals surface area contributed by atoms with E-state index >= 15 is 0 Å². The van der Waals surface area contributed by atoms with Gasteiger partial charge in [0.25, 0.3) is 5.91 Å². The number of aliphatic hydroxyl groups excluding tert-OH is 1. The van der Waals surface area contributed by atoms with Gasteiger partial charge in [0.1, 0.15) is 5.75 Å². The van der Waals surface area contributed by atoms with Crippen molar-refractivity contribution in [3.05, 3.63) is 113 Å². The Balaban J connectivity index is 2.06. The number of methoxy groups -OCH3 is 1. The van der Waals surface area contributed by atoms with Gasteiger partial charge >= 0.3 is 0 Å². The molecule has 3 aromatic carbocycles. The predicted molar refractivity (Wildman–Crippen MR) is 124 cm³/mol. The highest BCUT2D eigenvalue weighted by Crippen LogP contribution is 2.45. The maximum absolute atomic E-state index is 13.9. The summed E-state index contributed by atoms with van der Waals surface area (Å²) in [6.07, 6.45) is 0. The molecule has 0 radical (unpaired) electrons. The number of ether oxygens (including phenoxy) is 1. The van der Waals surface area contributed by atoms with Crippen molar-refractivity contribution in [2.45, 2.75) is 12.8 Å². The van der Waals surface area contributed by atoms with Crippen LogP contribution in [0.5, 0.6) is 5.75 Å². The minimum atomic E-state index is -0.710. The Bertz CT molecular complexity index is 1230. The van der Waals surface area contributed by atoms with E-state index in [4.69, 9.17) is 4.74 Å². The number of amides is 1. The Morgan fingerprint density at radius 2 is 1.56 bits per heavy atom. The van der Waals surface area contributed by atoms with Crippen LogP contribution in [0, 0.1) is 11.3 Å². The molecule has 3 aromatic rings. The standard InChI is InChI=1S/C27H22N2O3/c1-18(30)24-25(19-13-15-22(32-2)16-14-19)23(17-28)26(20-9-5-3-6-10-20)29(27(24)31)21-11-7-4-8-12-21/h3-16,25,30H,1-2H3/b24-18+. The zero-order chi connectivity index (χ0) is 22.7. The number of carbonyl (C=O) groups is 1.